The second-order valence-electron chi connectivity index (χ2n) is 6.31. The first kappa shape index (κ1) is 18.1. The fraction of sp³-hybridized carbons (Fsp3) is 0.294. The molecule has 0 unspecified atom stereocenters. The molecule has 0 saturated heterocycles. The van der Waals surface area contributed by atoms with Gasteiger partial charge in [0.15, 0.2) is 11.5 Å². The van der Waals surface area contributed by atoms with Gasteiger partial charge in [-0.1, -0.05) is 36.2 Å². The van der Waals surface area contributed by atoms with Gasteiger partial charge in [-0.3, -0.25) is 4.79 Å². The lowest BCUT2D eigenvalue weighted by atomic mass is 9.99. The van der Waals surface area contributed by atoms with E-state index in [-0.39, 0.29) is 24.0 Å². The molecule has 1 saturated carbocycles. The lowest BCUT2D eigenvalue weighted by Gasteiger charge is -2.17. The second kappa shape index (κ2) is 6.89. The molecule has 0 radical (unpaired) electrons. The molecule has 0 atom stereocenters. The summed E-state index contributed by atoms with van der Waals surface area (Å²) in [7, 11) is 0. The zero-order chi connectivity index (χ0) is 17.4. The summed E-state index contributed by atoms with van der Waals surface area (Å²) in [6, 6.07) is 10.8. The summed E-state index contributed by atoms with van der Waals surface area (Å²) in [5.74, 6) is 0.118. The Morgan fingerprint density at radius 1 is 1.19 bits per heavy atom. The highest BCUT2D eigenvalue weighted by molar-refractivity contribution is 5.92. The Hall–Kier alpha value is -2.71. The summed E-state index contributed by atoms with van der Waals surface area (Å²) >= 11 is 0. The van der Waals surface area contributed by atoms with Crippen LogP contribution in [0.2, 0.25) is 0 Å². The number of amides is 1. The van der Waals surface area contributed by atoms with Crippen molar-refractivity contribution in [3.8, 4) is 17.3 Å². The Balaban J connectivity index is 0.00000196. The van der Waals surface area contributed by atoms with Crippen LogP contribution in [0.5, 0.6) is 0 Å². The predicted molar refractivity (Wildman–Crippen MR) is 97.0 cm³/mol. The Bertz CT molecular complexity index is 914. The topological polar surface area (TPSA) is 126 Å². The van der Waals surface area contributed by atoms with Crippen molar-refractivity contribution in [1.82, 2.24) is 19.9 Å². The number of para-hydroxylation sites is 1. The van der Waals surface area contributed by atoms with Gasteiger partial charge in [0.1, 0.15) is 5.69 Å². The average Bonchev–Trinajstić information content (AvgIpc) is 3.34. The van der Waals surface area contributed by atoms with Crippen LogP contribution in [0.25, 0.3) is 17.3 Å². The molecule has 26 heavy (non-hydrogen) atoms. The van der Waals surface area contributed by atoms with E-state index < -0.39 is 11.4 Å². The first-order chi connectivity index (χ1) is 12.1. The van der Waals surface area contributed by atoms with Gasteiger partial charge in [-0.15, -0.1) is 12.4 Å². The van der Waals surface area contributed by atoms with E-state index in [2.05, 4.69) is 15.2 Å². The maximum absolute atomic E-state index is 11.8. The molecule has 0 aliphatic heterocycles. The first-order valence-electron chi connectivity index (χ1n) is 8.15. The Kier molecular flexibility index (Phi) is 4.80. The minimum Gasteiger partial charge on any atom is -0.364 e. The summed E-state index contributed by atoms with van der Waals surface area (Å²) in [6.07, 6.45) is 3.76. The number of carbonyl (C=O) groups excluding carboxylic acids is 1. The van der Waals surface area contributed by atoms with E-state index in [0.717, 1.165) is 25.7 Å². The minimum absolute atomic E-state index is 0. The van der Waals surface area contributed by atoms with Crippen molar-refractivity contribution < 1.29 is 9.32 Å². The fourth-order valence-electron chi connectivity index (χ4n) is 3.19. The van der Waals surface area contributed by atoms with Gasteiger partial charge in [0, 0.05) is 6.07 Å². The third-order valence-corrected chi connectivity index (χ3v) is 4.55. The highest BCUT2D eigenvalue weighted by Crippen LogP contribution is 2.35. The van der Waals surface area contributed by atoms with Crippen LogP contribution in [0.15, 0.2) is 40.9 Å². The quantitative estimate of drug-likeness (QED) is 0.720. The zero-order valence-electron chi connectivity index (χ0n) is 14.0. The molecule has 8 nitrogen and oxygen atoms in total. The van der Waals surface area contributed by atoms with Crippen LogP contribution in [0, 0.1) is 0 Å². The summed E-state index contributed by atoms with van der Waals surface area (Å²) in [5, 5.41) is 8.44. The molecule has 4 rings (SSSR count). The van der Waals surface area contributed by atoms with Gasteiger partial charge in [0.05, 0.1) is 11.2 Å². The van der Waals surface area contributed by atoms with Crippen molar-refractivity contribution in [3.63, 3.8) is 0 Å². The standard InChI is InChI=1S/C17H18N6O2.ClH/c18-14(24)13-10-12(21-23(13)11-6-2-1-3-7-11)15-20-16(22-25-15)17(19)8-4-5-9-17;/h1-3,6-7,10H,4-5,8-9,19H2,(H2,18,24);1H. The van der Waals surface area contributed by atoms with E-state index in [1.165, 1.54) is 4.68 Å². The normalized spacial score (nSPS) is 15.6. The summed E-state index contributed by atoms with van der Waals surface area (Å²) in [4.78, 5) is 16.2. The van der Waals surface area contributed by atoms with Crippen LogP contribution < -0.4 is 11.5 Å². The van der Waals surface area contributed by atoms with E-state index in [1.807, 2.05) is 30.3 Å². The first-order valence-corrected chi connectivity index (χ1v) is 8.15. The third-order valence-electron chi connectivity index (χ3n) is 4.55. The van der Waals surface area contributed by atoms with Crippen LogP contribution in [-0.4, -0.2) is 25.8 Å². The number of aromatic nitrogens is 4. The number of carbonyl (C=O) groups is 1. The molecule has 3 aromatic rings. The summed E-state index contributed by atoms with van der Waals surface area (Å²) < 4.78 is 6.81. The Morgan fingerprint density at radius 2 is 1.88 bits per heavy atom. The van der Waals surface area contributed by atoms with Crippen LogP contribution in [0.4, 0.5) is 0 Å². The number of primary amides is 1. The monoisotopic (exact) mass is 374 g/mol. The number of rotatable bonds is 4. The van der Waals surface area contributed by atoms with Crippen molar-refractivity contribution in [3.05, 3.63) is 47.9 Å². The number of hydrogen-bond acceptors (Lipinski definition) is 6. The maximum Gasteiger partial charge on any atom is 0.278 e. The minimum atomic E-state index is -0.589. The van der Waals surface area contributed by atoms with E-state index in [4.69, 9.17) is 16.0 Å². The Labute approximate surface area is 156 Å². The lowest BCUT2D eigenvalue weighted by Crippen LogP contribution is -2.34. The summed E-state index contributed by atoms with van der Waals surface area (Å²) in [5.41, 5.74) is 12.6. The molecule has 1 aliphatic rings. The maximum atomic E-state index is 11.8. The smallest absolute Gasteiger partial charge is 0.278 e. The molecule has 136 valence electrons. The van der Waals surface area contributed by atoms with Gasteiger partial charge in [0.2, 0.25) is 0 Å². The number of benzene rings is 1. The van der Waals surface area contributed by atoms with Gasteiger partial charge in [-0.25, -0.2) is 4.68 Å². The number of halogens is 1. The molecular weight excluding hydrogens is 356 g/mol. The van der Waals surface area contributed by atoms with Crippen molar-refractivity contribution in [2.75, 3.05) is 0 Å². The molecule has 0 spiro atoms. The third kappa shape index (κ3) is 3.09. The molecular formula is C17H19ClN6O2. The highest BCUT2D eigenvalue weighted by Gasteiger charge is 2.36. The van der Waals surface area contributed by atoms with Gasteiger partial charge in [0.25, 0.3) is 11.8 Å². The predicted octanol–water partition coefficient (Wildman–Crippen LogP) is 2.17. The molecule has 9 heteroatoms. The molecule has 1 aromatic carbocycles. The van der Waals surface area contributed by atoms with Crippen LogP contribution >= 0.6 is 12.4 Å². The van der Waals surface area contributed by atoms with Crippen molar-refractivity contribution >= 4 is 18.3 Å². The van der Waals surface area contributed by atoms with E-state index in [9.17, 15) is 4.79 Å². The van der Waals surface area contributed by atoms with Gasteiger partial charge < -0.3 is 16.0 Å². The lowest BCUT2D eigenvalue weighted by molar-refractivity contribution is 0.0993. The largest absolute Gasteiger partial charge is 0.364 e. The SMILES string of the molecule is Cl.NC(=O)c1cc(-c2nc(C3(N)CCCC3)no2)nn1-c1ccccc1. The number of hydrogen-bond donors (Lipinski definition) is 2. The average molecular weight is 375 g/mol. The second-order valence-corrected chi connectivity index (χ2v) is 6.31. The van der Waals surface area contributed by atoms with Crippen molar-refractivity contribution in [1.29, 1.82) is 0 Å². The van der Waals surface area contributed by atoms with Gasteiger partial charge in [-0.05, 0) is 25.0 Å². The molecule has 1 fully saturated rings. The van der Waals surface area contributed by atoms with E-state index in [1.54, 1.807) is 6.07 Å². The van der Waals surface area contributed by atoms with E-state index in [0.29, 0.717) is 17.2 Å². The highest BCUT2D eigenvalue weighted by atomic mass is 35.5. The van der Waals surface area contributed by atoms with E-state index >= 15 is 0 Å². The van der Waals surface area contributed by atoms with Crippen LogP contribution in [0.3, 0.4) is 0 Å². The number of nitrogens with two attached hydrogens (primary N) is 2. The van der Waals surface area contributed by atoms with Crippen molar-refractivity contribution in [2.45, 2.75) is 31.2 Å². The fourth-order valence-corrected chi connectivity index (χ4v) is 3.19. The van der Waals surface area contributed by atoms with Crippen molar-refractivity contribution in [2.24, 2.45) is 11.5 Å². The van der Waals surface area contributed by atoms with Gasteiger partial charge >= 0.3 is 0 Å². The van der Waals surface area contributed by atoms with Crippen LogP contribution in [0.1, 0.15) is 42.0 Å². The molecule has 4 N–H and O–H groups in total. The van der Waals surface area contributed by atoms with Crippen LogP contribution in [-0.2, 0) is 5.54 Å². The number of nitrogens with zero attached hydrogens (tertiary/aromatic N) is 4. The molecule has 2 aromatic heterocycles. The molecule has 1 aliphatic carbocycles. The van der Waals surface area contributed by atoms with Gasteiger partial charge in [-0.2, -0.15) is 10.1 Å². The summed E-state index contributed by atoms with van der Waals surface area (Å²) in [6.45, 7) is 0. The zero-order valence-corrected chi connectivity index (χ0v) is 14.8. The Morgan fingerprint density at radius 3 is 2.54 bits per heavy atom. The molecule has 2 heterocycles. The molecule has 1 amide bonds. The molecule has 0 bridgehead atoms.